The maximum atomic E-state index is 11.4. The molecule has 0 saturated carbocycles. The first-order valence-electron chi connectivity index (χ1n) is 6.59. The fraction of sp³-hybridized carbons (Fsp3) is 0.429. The van der Waals surface area contributed by atoms with Crippen LogP contribution in [-0.4, -0.2) is 43.0 Å². The van der Waals surface area contributed by atoms with Crippen LogP contribution in [0, 0.1) is 5.92 Å². The van der Waals surface area contributed by atoms with E-state index in [0.717, 1.165) is 23.1 Å². The van der Waals surface area contributed by atoms with Gasteiger partial charge in [-0.1, -0.05) is 0 Å². The lowest BCUT2D eigenvalue weighted by molar-refractivity contribution is 0.339. The summed E-state index contributed by atoms with van der Waals surface area (Å²) in [7, 11) is -2.92. The summed E-state index contributed by atoms with van der Waals surface area (Å²) in [4.78, 5) is 10.8. The van der Waals surface area contributed by atoms with Gasteiger partial charge in [-0.15, -0.1) is 0 Å². The van der Waals surface area contributed by atoms with Crippen LogP contribution in [0.4, 0.5) is 5.82 Å². The lowest BCUT2D eigenvalue weighted by Gasteiger charge is -2.47. The summed E-state index contributed by atoms with van der Waals surface area (Å²) in [5, 5.41) is 2.11. The first kappa shape index (κ1) is 13.3. The summed E-state index contributed by atoms with van der Waals surface area (Å²) in [5.74, 6) is 1.32. The van der Waals surface area contributed by atoms with Crippen molar-refractivity contribution in [1.29, 1.82) is 0 Å². The molecule has 2 atom stereocenters. The van der Waals surface area contributed by atoms with E-state index in [1.807, 2.05) is 18.3 Å². The highest BCUT2D eigenvalue weighted by atomic mass is 32.2. The number of hydrogen-bond acceptors (Lipinski definition) is 5. The average molecular weight is 291 g/mol. The third-order valence-electron chi connectivity index (χ3n) is 3.94. The summed E-state index contributed by atoms with van der Waals surface area (Å²) >= 11 is 0. The third kappa shape index (κ3) is 2.35. The monoisotopic (exact) mass is 291 g/mol. The van der Waals surface area contributed by atoms with Crippen LogP contribution in [0.1, 0.15) is 6.92 Å². The Kier molecular flexibility index (Phi) is 3.12. The third-order valence-corrected chi connectivity index (χ3v) is 4.97. The molecule has 0 radical (unpaired) electrons. The normalized spacial score (nSPS) is 22.8. The van der Waals surface area contributed by atoms with Gasteiger partial charge >= 0.3 is 0 Å². The smallest absolute Gasteiger partial charge is 0.147 e. The van der Waals surface area contributed by atoms with Gasteiger partial charge in [0.1, 0.15) is 15.7 Å². The van der Waals surface area contributed by atoms with Crippen molar-refractivity contribution in [3.8, 4) is 0 Å². The molecule has 1 aliphatic rings. The Balaban J connectivity index is 1.88. The van der Waals surface area contributed by atoms with Gasteiger partial charge in [-0.05, 0) is 24.4 Å². The van der Waals surface area contributed by atoms with Crippen LogP contribution in [0.15, 0.2) is 30.7 Å². The molecule has 1 saturated heterocycles. The molecule has 0 unspecified atom stereocenters. The molecule has 0 aliphatic carbocycles. The van der Waals surface area contributed by atoms with Gasteiger partial charge in [0.25, 0.3) is 0 Å². The molecule has 1 aliphatic heterocycles. The van der Waals surface area contributed by atoms with Gasteiger partial charge in [-0.25, -0.2) is 13.4 Å². The van der Waals surface area contributed by atoms with Crippen molar-refractivity contribution in [3.05, 3.63) is 30.7 Å². The summed E-state index contributed by atoms with van der Waals surface area (Å²) in [5.41, 5.74) is 0. The molecular weight excluding hydrogens is 274 g/mol. The number of pyridine rings is 2. The lowest BCUT2D eigenvalue weighted by atomic mass is 9.91. The second kappa shape index (κ2) is 4.70. The van der Waals surface area contributed by atoms with Crippen LogP contribution in [-0.2, 0) is 9.84 Å². The van der Waals surface area contributed by atoms with Crippen LogP contribution >= 0.6 is 0 Å². The highest BCUT2D eigenvalue weighted by molar-refractivity contribution is 7.90. The molecule has 6 heteroatoms. The maximum absolute atomic E-state index is 11.4. The minimum Gasteiger partial charge on any atom is -0.353 e. The van der Waals surface area contributed by atoms with Crippen LogP contribution in [0.2, 0.25) is 0 Å². The Bertz CT molecular complexity index is 740. The Labute approximate surface area is 118 Å². The molecule has 0 N–H and O–H groups in total. The topological polar surface area (TPSA) is 63.2 Å². The maximum Gasteiger partial charge on any atom is 0.147 e. The Hall–Kier alpha value is -1.69. The van der Waals surface area contributed by atoms with Crippen LogP contribution in [0.25, 0.3) is 10.8 Å². The van der Waals surface area contributed by atoms with Gasteiger partial charge in [0.05, 0.1) is 5.75 Å². The zero-order chi connectivity index (χ0) is 14.3. The molecule has 2 aromatic heterocycles. The van der Waals surface area contributed by atoms with E-state index >= 15 is 0 Å². The number of anilines is 1. The second-order valence-corrected chi connectivity index (χ2v) is 7.66. The number of aromatic nitrogens is 2. The Morgan fingerprint density at radius 3 is 2.80 bits per heavy atom. The van der Waals surface area contributed by atoms with E-state index < -0.39 is 9.84 Å². The molecule has 0 aromatic carbocycles. The van der Waals surface area contributed by atoms with E-state index in [2.05, 4.69) is 21.8 Å². The fourth-order valence-corrected chi connectivity index (χ4v) is 3.93. The van der Waals surface area contributed by atoms with Crippen molar-refractivity contribution in [2.24, 2.45) is 5.92 Å². The van der Waals surface area contributed by atoms with Crippen LogP contribution in [0.5, 0.6) is 0 Å². The minimum absolute atomic E-state index is 0.179. The van der Waals surface area contributed by atoms with E-state index in [1.165, 1.54) is 6.26 Å². The number of sulfone groups is 1. The lowest BCUT2D eigenvalue weighted by Crippen LogP contribution is -2.57. The Morgan fingerprint density at radius 2 is 2.10 bits per heavy atom. The molecule has 20 heavy (non-hydrogen) atoms. The highest BCUT2D eigenvalue weighted by Crippen LogP contribution is 2.34. The van der Waals surface area contributed by atoms with Gasteiger partial charge in [0.2, 0.25) is 0 Å². The molecule has 106 valence electrons. The molecule has 3 heterocycles. The van der Waals surface area contributed by atoms with E-state index in [0.29, 0.717) is 0 Å². The van der Waals surface area contributed by atoms with Gasteiger partial charge in [0.15, 0.2) is 0 Å². The number of rotatable bonds is 3. The van der Waals surface area contributed by atoms with Gasteiger partial charge in [0, 0.05) is 48.7 Å². The SMILES string of the molecule is C[C@@H]1[C@@H](CS(C)(=O)=O)CN1c1nccc2ccncc12. The number of nitrogens with zero attached hydrogens (tertiary/aromatic N) is 3. The minimum atomic E-state index is -2.92. The summed E-state index contributed by atoms with van der Waals surface area (Å²) < 4.78 is 22.8. The quantitative estimate of drug-likeness (QED) is 0.857. The van der Waals surface area contributed by atoms with Crippen molar-refractivity contribution in [2.45, 2.75) is 13.0 Å². The molecule has 0 bridgehead atoms. The highest BCUT2D eigenvalue weighted by Gasteiger charge is 2.38. The summed E-state index contributed by atoms with van der Waals surface area (Å²) in [6.07, 6.45) is 6.66. The zero-order valence-electron chi connectivity index (χ0n) is 11.5. The van der Waals surface area contributed by atoms with Crippen molar-refractivity contribution >= 4 is 26.4 Å². The van der Waals surface area contributed by atoms with E-state index in [1.54, 1.807) is 12.4 Å². The Morgan fingerprint density at radius 1 is 1.35 bits per heavy atom. The van der Waals surface area contributed by atoms with Gasteiger partial charge in [-0.3, -0.25) is 4.98 Å². The van der Waals surface area contributed by atoms with Crippen molar-refractivity contribution < 1.29 is 8.42 Å². The fourth-order valence-electron chi connectivity index (χ4n) is 2.77. The van der Waals surface area contributed by atoms with Crippen molar-refractivity contribution in [2.75, 3.05) is 23.5 Å². The van der Waals surface area contributed by atoms with E-state index in [-0.39, 0.29) is 17.7 Å². The van der Waals surface area contributed by atoms with Crippen molar-refractivity contribution in [3.63, 3.8) is 0 Å². The molecule has 0 amide bonds. The molecule has 1 fully saturated rings. The largest absolute Gasteiger partial charge is 0.353 e. The van der Waals surface area contributed by atoms with Crippen LogP contribution in [0.3, 0.4) is 0 Å². The van der Waals surface area contributed by atoms with E-state index in [9.17, 15) is 8.42 Å². The predicted octanol–water partition coefficient (Wildman–Crippen LogP) is 1.50. The van der Waals surface area contributed by atoms with Gasteiger partial charge < -0.3 is 4.90 Å². The molecule has 5 nitrogen and oxygen atoms in total. The molecule has 3 rings (SSSR count). The standard InChI is InChI=1S/C14H17N3O2S/c1-10-12(9-20(2,18)19)8-17(10)14-13-7-15-5-3-11(13)4-6-16-14/h3-7,10,12H,8-9H2,1-2H3/t10-,12-/m1/s1. The second-order valence-electron chi connectivity index (χ2n) is 5.48. The number of hydrogen-bond donors (Lipinski definition) is 0. The van der Waals surface area contributed by atoms with E-state index in [4.69, 9.17) is 0 Å². The first-order valence-corrected chi connectivity index (χ1v) is 8.65. The van der Waals surface area contributed by atoms with Crippen molar-refractivity contribution in [1.82, 2.24) is 9.97 Å². The molecular formula is C14H17N3O2S. The predicted molar refractivity (Wildman–Crippen MR) is 79.5 cm³/mol. The zero-order valence-corrected chi connectivity index (χ0v) is 12.3. The number of fused-ring (bicyclic) bond motifs is 1. The summed E-state index contributed by atoms with van der Waals surface area (Å²) in [6, 6.07) is 4.10. The van der Waals surface area contributed by atoms with Crippen LogP contribution < -0.4 is 4.90 Å². The first-order chi connectivity index (χ1) is 9.46. The molecule has 2 aromatic rings. The summed E-state index contributed by atoms with van der Waals surface area (Å²) in [6.45, 7) is 2.78. The molecule has 0 spiro atoms. The van der Waals surface area contributed by atoms with Gasteiger partial charge in [-0.2, -0.15) is 0 Å². The average Bonchev–Trinajstić information content (AvgIpc) is 2.41.